The number of benzene rings is 1. The molecule has 0 fully saturated rings. The molecule has 1 aromatic heterocycles. The molecule has 6 heteroatoms. The summed E-state index contributed by atoms with van der Waals surface area (Å²) in [6.45, 7) is 4.19. The Morgan fingerprint density at radius 3 is 2.88 bits per heavy atom. The van der Waals surface area contributed by atoms with Crippen LogP contribution in [0.15, 0.2) is 24.3 Å². The average Bonchev–Trinajstić information content (AvgIpc) is 2.82. The minimum atomic E-state index is -0.375. The van der Waals surface area contributed by atoms with Crippen molar-refractivity contribution in [2.24, 2.45) is 0 Å². The van der Waals surface area contributed by atoms with Crippen molar-refractivity contribution in [1.29, 1.82) is 0 Å². The van der Waals surface area contributed by atoms with E-state index in [0.717, 1.165) is 11.3 Å². The normalized spacial score (nSPS) is 10.5. The zero-order valence-corrected chi connectivity index (χ0v) is 9.64. The summed E-state index contributed by atoms with van der Waals surface area (Å²) in [6, 6.07) is 7.68. The monoisotopic (exact) mass is 231 g/mol. The van der Waals surface area contributed by atoms with Gasteiger partial charge in [-0.25, -0.2) is 0 Å². The summed E-state index contributed by atoms with van der Waals surface area (Å²) in [6.07, 6.45) is 0. The lowest BCUT2D eigenvalue weighted by molar-refractivity contribution is 0.101. The second kappa shape index (κ2) is 4.73. The summed E-state index contributed by atoms with van der Waals surface area (Å²) in [4.78, 5) is 11.7. The Morgan fingerprint density at radius 2 is 2.24 bits per heavy atom. The van der Waals surface area contributed by atoms with Crippen molar-refractivity contribution in [3.8, 4) is 0 Å². The van der Waals surface area contributed by atoms with Crippen LogP contribution >= 0.6 is 0 Å². The van der Waals surface area contributed by atoms with Gasteiger partial charge in [0.1, 0.15) is 0 Å². The molecule has 1 amide bonds. The standard InChI is InChI=1S/C11H13N5O/c1-7(2)8-4-3-5-9(6-8)12-11(17)10-13-15-16-14-10/h3-7H,1-2H3,(H,12,17)(H,13,14,15,16). The summed E-state index contributed by atoms with van der Waals surface area (Å²) in [7, 11) is 0. The highest BCUT2D eigenvalue weighted by molar-refractivity contribution is 6.01. The molecule has 2 N–H and O–H groups in total. The number of tetrazole rings is 1. The van der Waals surface area contributed by atoms with Gasteiger partial charge in [0, 0.05) is 5.69 Å². The third-order valence-corrected chi connectivity index (χ3v) is 2.36. The first kappa shape index (κ1) is 11.3. The highest BCUT2D eigenvalue weighted by atomic mass is 16.2. The summed E-state index contributed by atoms with van der Waals surface area (Å²) in [5.74, 6) is 0.0663. The number of H-pyrrole nitrogens is 1. The maximum Gasteiger partial charge on any atom is 0.297 e. The number of carbonyl (C=O) groups is 1. The zero-order chi connectivity index (χ0) is 12.3. The molecule has 0 bridgehead atoms. The molecule has 2 aromatic rings. The summed E-state index contributed by atoms with van der Waals surface area (Å²) in [5, 5.41) is 15.5. The maximum atomic E-state index is 11.7. The van der Waals surface area contributed by atoms with Gasteiger partial charge >= 0.3 is 0 Å². The van der Waals surface area contributed by atoms with Crippen LogP contribution in [-0.4, -0.2) is 26.5 Å². The number of amides is 1. The van der Waals surface area contributed by atoms with E-state index in [4.69, 9.17) is 0 Å². The first-order valence-electron chi connectivity index (χ1n) is 5.31. The lowest BCUT2D eigenvalue weighted by Crippen LogP contribution is -2.14. The number of aromatic nitrogens is 4. The minimum Gasteiger partial charge on any atom is -0.319 e. The molecule has 6 nitrogen and oxygen atoms in total. The van der Waals surface area contributed by atoms with Gasteiger partial charge in [-0.3, -0.25) is 4.79 Å². The molecule has 1 aromatic carbocycles. The SMILES string of the molecule is CC(C)c1cccc(NC(=O)c2nn[nH]n2)c1. The smallest absolute Gasteiger partial charge is 0.297 e. The first-order chi connectivity index (χ1) is 8.16. The van der Waals surface area contributed by atoms with Gasteiger partial charge in [0.2, 0.25) is 0 Å². The van der Waals surface area contributed by atoms with Crippen LogP contribution in [0, 0.1) is 0 Å². The van der Waals surface area contributed by atoms with Crippen molar-refractivity contribution in [1.82, 2.24) is 20.6 Å². The largest absolute Gasteiger partial charge is 0.319 e. The van der Waals surface area contributed by atoms with Crippen molar-refractivity contribution in [2.75, 3.05) is 5.32 Å². The van der Waals surface area contributed by atoms with Gasteiger partial charge in [0.15, 0.2) is 0 Å². The molecule has 1 heterocycles. The second-order valence-corrected chi connectivity index (χ2v) is 3.97. The predicted molar refractivity (Wildman–Crippen MR) is 62.7 cm³/mol. The topological polar surface area (TPSA) is 83.6 Å². The molecule has 0 saturated carbocycles. The number of hydrogen-bond acceptors (Lipinski definition) is 4. The van der Waals surface area contributed by atoms with Crippen molar-refractivity contribution in [3.05, 3.63) is 35.7 Å². The molecular weight excluding hydrogens is 218 g/mol. The molecule has 2 rings (SSSR count). The third-order valence-electron chi connectivity index (χ3n) is 2.36. The molecule has 0 unspecified atom stereocenters. The molecule has 0 spiro atoms. The first-order valence-corrected chi connectivity index (χ1v) is 5.31. The molecule has 0 aliphatic heterocycles. The van der Waals surface area contributed by atoms with Crippen LogP contribution < -0.4 is 5.32 Å². The number of nitrogens with one attached hydrogen (secondary N) is 2. The maximum absolute atomic E-state index is 11.7. The number of nitrogens with zero attached hydrogens (tertiary/aromatic N) is 3. The fourth-order valence-corrected chi connectivity index (χ4v) is 1.42. The third kappa shape index (κ3) is 2.66. The van der Waals surface area contributed by atoms with Crippen molar-refractivity contribution < 1.29 is 4.79 Å². The van der Waals surface area contributed by atoms with E-state index in [1.807, 2.05) is 24.3 Å². The number of anilines is 1. The van der Waals surface area contributed by atoms with E-state index in [0.29, 0.717) is 5.92 Å². The van der Waals surface area contributed by atoms with Gasteiger partial charge in [-0.1, -0.05) is 26.0 Å². The van der Waals surface area contributed by atoms with Gasteiger partial charge in [-0.05, 0) is 28.8 Å². The van der Waals surface area contributed by atoms with E-state index < -0.39 is 0 Å². The molecule has 0 aliphatic rings. The van der Waals surface area contributed by atoms with E-state index in [-0.39, 0.29) is 11.7 Å². The average molecular weight is 231 g/mol. The van der Waals surface area contributed by atoms with Crippen LogP contribution in [0.25, 0.3) is 0 Å². The van der Waals surface area contributed by atoms with Crippen LogP contribution in [0.5, 0.6) is 0 Å². The van der Waals surface area contributed by atoms with E-state index in [1.165, 1.54) is 0 Å². The Hall–Kier alpha value is -2.24. The van der Waals surface area contributed by atoms with Crippen molar-refractivity contribution in [3.63, 3.8) is 0 Å². The lowest BCUT2D eigenvalue weighted by atomic mass is 10.0. The highest BCUT2D eigenvalue weighted by Crippen LogP contribution is 2.18. The van der Waals surface area contributed by atoms with E-state index in [9.17, 15) is 4.79 Å². The lowest BCUT2D eigenvalue weighted by Gasteiger charge is -2.08. The van der Waals surface area contributed by atoms with Crippen molar-refractivity contribution >= 4 is 11.6 Å². The van der Waals surface area contributed by atoms with Crippen LogP contribution in [0.2, 0.25) is 0 Å². The zero-order valence-electron chi connectivity index (χ0n) is 9.64. The second-order valence-electron chi connectivity index (χ2n) is 3.97. The van der Waals surface area contributed by atoms with E-state index >= 15 is 0 Å². The summed E-state index contributed by atoms with van der Waals surface area (Å²) >= 11 is 0. The summed E-state index contributed by atoms with van der Waals surface area (Å²) < 4.78 is 0. The quantitative estimate of drug-likeness (QED) is 0.839. The fraction of sp³-hybridized carbons (Fsp3) is 0.273. The van der Waals surface area contributed by atoms with E-state index in [1.54, 1.807) is 0 Å². The van der Waals surface area contributed by atoms with Gasteiger partial charge < -0.3 is 5.32 Å². The number of aromatic amines is 1. The van der Waals surface area contributed by atoms with Crippen LogP contribution in [0.1, 0.15) is 35.9 Å². The summed E-state index contributed by atoms with van der Waals surface area (Å²) in [5.41, 5.74) is 1.89. The van der Waals surface area contributed by atoms with Crippen LogP contribution in [-0.2, 0) is 0 Å². The molecule has 0 aliphatic carbocycles. The Labute approximate surface area is 98.4 Å². The van der Waals surface area contributed by atoms with Crippen molar-refractivity contribution in [2.45, 2.75) is 19.8 Å². The Morgan fingerprint density at radius 1 is 1.41 bits per heavy atom. The molecule has 17 heavy (non-hydrogen) atoms. The van der Waals surface area contributed by atoms with Gasteiger partial charge in [-0.2, -0.15) is 5.21 Å². The van der Waals surface area contributed by atoms with E-state index in [2.05, 4.69) is 39.8 Å². The van der Waals surface area contributed by atoms with Gasteiger partial charge in [0.05, 0.1) is 0 Å². The van der Waals surface area contributed by atoms with Crippen LogP contribution in [0.4, 0.5) is 5.69 Å². The number of rotatable bonds is 3. The predicted octanol–water partition coefficient (Wildman–Crippen LogP) is 1.58. The Balaban J connectivity index is 2.14. The molecule has 88 valence electrons. The highest BCUT2D eigenvalue weighted by Gasteiger charge is 2.11. The van der Waals surface area contributed by atoms with Crippen LogP contribution in [0.3, 0.4) is 0 Å². The fourth-order valence-electron chi connectivity index (χ4n) is 1.42. The Bertz CT molecular complexity index is 506. The van der Waals surface area contributed by atoms with Gasteiger partial charge in [0.25, 0.3) is 11.7 Å². The molecule has 0 saturated heterocycles. The molecular formula is C11H13N5O. The molecule has 0 radical (unpaired) electrons. The number of hydrogen-bond donors (Lipinski definition) is 2. The Kier molecular flexibility index (Phi) is 3.13. The van der Waals surface area contributed by atoms with Gasteiger partial charge in [-0.15, -0.1) is 10.2 Å². The number of carbonyl (C=O) groups excluding carboxylic acids is 1. The molecule has 0 atom stereocenters. The minimum absolute atomic E-state index is 0.0277.